The standard InChI is InChI=1S/C14H17ClF2N2/c1-8(2)9(3)7-19-13-5-11(17)10(16)4-12(13)18-14(19)6-15/h4-5,8-9H,6-7H2,1-3H3. The molecule has 0 amide bonds. The Bertz CT molecular complexity index is 593. The molecule has 0 aliphatic heterocycles. The molecule has 0 aliphatic carbocycles. The number of alkyl halides is 1. The first-order valence-corrected chi connectivity index (χ1v) is 6.87. The van der Waals surface area contributed by atoms with Crippen LogP contribution in [-0.4, -0.2) is 9.55 Å². The summed E-state index contributed by atoms with van der Waals surface area (Å²) in [6.07, 6.45) is 0. The molecule has 0 spiro atoms. The van der Waals surface area contributed by atoms with Crippen LogP contribution >= 0.6 is 11.6 Å². The number of fused-ring (bicyclic) bond motifs is 1. The van der Waals surface area contributed by atoms with Gasteiger partial charge in [0, 0.05) is 18.7 Å². The van der Waals surface area contributed by atoms with Crippen molar-refractivity contribution in [3.63, 3.8) is 0 Å². The Morgan fingerprint density at radius 1 is 1.21 bits per heavy atom. The summed E-state index contributed by atoms with van der Waals surface area (Å²) in [5, 5.41) is 0. The molecule has 0 fully saturated rings. The highest BCUT2D eigenvalue weighted by Gasteiger charge is 2.16. The average molecular weight is 287 g/mol. The van der Waals surface area contributed by atoms with E-state index in [-0.39, 0.29) is 5.88 Å². The molecular formula is C14H17ClF2N2. The zero-order valence-electron chi connectivity index (χ0n) is 11.3. The molecule has 19 heavy (non-hydrogen) atoms. The predicted octanol–water partition coefficient (Wildman–Crippen LogP) is 4.35. The van der Waals surface area contributed by atoms with E-state index in [0.29, 0.717) is 35.2 Å². The second kappa shape index (κ2) is 5.45. The molecule has 0 saturated carbocycles. The van der Waals surface area contributed by atoms with Crippen molar-refractivity contribution in [2.24, 2.45) is 11.8 Å². The van der Waals surface area contributed by atoms with E-state index in [4.69, 9.17) is 11.6 Å². The summed E-state index contributed by atoms with van der Waals surface area (Å²) in [4.78, 5) is 4.27. The fourth-order valence-corrected chi connectivity index (χ4v) is 2.18. The van der Waals surface area contributed by atoms with Crippen molar-refractivity contribution < 1.29 is 8.78 Å². The van der Waals surface area contributed by atoms with Crippen molar-refractivity contribution in [3.8, 4) is 0 Å². The van der Waals surface area contributed by atoms with Crippen molar-refractivity contribution in [2.45, 2.75) is 33.2 Å². The third-order valence-corrected chi connectivity index (χ3v) is 3.84. The third kappa shape index (κ3) is 2.73. The molecule has 104 valence electrons. The molecule has 1 heterocycles. The first kappa shape index (κ1) is 14.3. The Balaban J connectivity index is 2.53. The second-order valence-corrected chi connectivity index (χ2v) is 5.52. The number of imidazole rings is 1. The minimum Gasteiger partial charge on any atom is -0.327 e. The molecular weight excluding hydrogens is 270 g/mol. The van der Waals surface area contributed by atoms with E-state index in [2.05, 4.69) is 25.8 Å². The molecule has 5 heteroatoms. The molecule has 1 aromatic heterocycles. The molecule has 2 aromatic rings. The monoisotopic (exact) mass is 286 g/mol. The highest BCUT2D eigenvalue weighted by atomic mass is 35.5. The van der Waals surface area contributed by atoms with Crippen molar-refractivity contribution in [1.29, 1.82) is 0 Å². The first-order chi connectivity index (χ1) is 8.93. The molecule has 0 N–H and O–H groups in total. The smallest absolute Gasteiger partial charge is 0.161 e. The van der Waals surface area contributed by atoms with Gasteiger partial charge in [0.2, 0.25) is 0 Å². The molecule has 2 rings (SSSR count). The minimum atomic E-state index is -0.879. The summed E-state index contributed by atoms with van der Waals surface area (Å²) in [6, 6.07) is 2.32. The lowest BCUT2D eigenvalue weighted by Gasteiger charge is -2.18. The van der Waals surface area contributed by atoms with Gasteiger partial charge in [-0.1, -0.05) is 20.8 Å². The van der Waals surface area contributed by atoms with Crippen LogP contribution in [0.2, 0.25) is 0 Å². The van der Waals surface area contributed by atoms with E-state index in [0.717, 1.165) is 6.07 Å². The van der Waals surface area contributed by atoms with Crippen LogP contribution in [-0.2, 0) is 12.4 Å². The zero-order chi connectivity index (χ0) is 14.2. The first-order valence-electron chi connectivity index (χ1n) is 6.34. The average Bonchev–Trinajstić information content (AvgIpc) is 2.67. The lowest BCUT2D eigenvalue weighted by atomic mass is 9.98. The maximum absolute atomic E-state index is 13.4. The Hall–Kier alpha value is -1.16. The van der Waals surface area contributed by atoms with Crippen LogP contribution in [0.5, 0.6) is 0 Å². The quantitative estimate of drug-likeness (QED) is 0.764. The van der Waals surface area contributed by atoms with Crippen LogP contribution in [0.15, 0.2) is 12.1 Å². The van der Waals surface area contributed by atoms with Gasteiger partial charge < -0.3 is 4.57 Å². The summed E-state index contributed by atoms with van der Waals surface area (Å²) < 4.78 is 28.5. The predicted molar refractivity (Wildman–Crippen MR) is 73.2 cm³/mol. The zero-order valence-corrected chi connectivity index (χ0v) is 12.0. The van der Waals surface area contributed by atoms with Gasteiger partial charge in [-0.3, -0.25) is 0 Å². The van der Waals surface area contributed by atoms with Gasteiger partial charge in [0.1, 0.15) is 5.82 Å². The Morgan fingerprint density at radius 3 is 2.42 bits per heavy atom. The van der Waals surface area contributed by atoms with E-state index in [1.807, 2.05) is 4.57 Å². The van der Waals surface area contributed by atoms with Crippen LogP contribution in [0.25, 0.3) is 11.0 Å². The summed E-state index contributed by atoms with van der Waals surface area (Å²) in [5.41, 5.74) is 1.05. The summed E-state index contributed by atoms with van der Waals surface area (Å²) in [6.45, 7) is 7.07. The molecule has 1 unspecified atom stereocenters. The molecule has 2 nitrogen and oxygen atoms in total. The fraction of sp³-hybridized carbons (Fsp3) is 0.500. The highest BCUT2D eigenvalue weighted by molar-refractivity contribution is 6.16. The lowest BCUT2D eigenvalue weighted by molar-refractivity contribution is 0.365. The van der Waals surface area contributed by atoms with Gasteiger partial charge in [-0.15, -0.1) is 11.6 Å². The number of rotatable bonds is 4. The number of halogens is 3. The molecule has 0 radical (unpaired) electrons. The van der Waals surface area contributed by atoms with Crippen molar-refractivity contribution in [1.82, 2.24) is 9.55 Å². The van der Waals surface area contributed by atoms with Crippen LogP contribution in [0.4, 0.5) is 8.78 Å². The Morgan fingerprint density at radius 2 is 1.84 bits per heavy atom. The molecule has 0 aliphatic rings. The van der Waals surface area contributed by atoms with Gasteiger partial charge in [0.05, 0.1) is 16.9 Å². The number of hydrogen-bond donors (Lipinski definition) is 0. The van der Waals surface area contributed by atoms with Gasteiger partial charge >= 0.3 is 0 Å². The van der Waals surface area contributed by atoms with E-state index in [1.165, 1.54) is 6.07 Å². The van der Waals surface area contributed by atoms with Crippen molar-refractivity contribution >= 4 is 22.6 Å². The SMILES string of the molecule is CC(C)C(C)Cn1c(CCl)nc2cc(F)c(F)cc21. The number of hydrogen-bond acceptors (Lipinski definition) is 1. The molecule has 1 atom stereocenters. The Labute approximate surface area is 116 Å². The van der Waals surface area contributed by atoms with E-state index in [1.54, 1.807) is 0 Å². The van der Waals surface area contributed by atoms with Gasteiger partial charge in [0.15, 0.2) is 11.6 Å². The van der Waals surface area contributed by atoms with E-state index >= 15 is 0 Å². The van der Waals surface area contributed by atoms with Crippen LogP contribution in [0, 0.1) is 23.5 Å². The normalized spacial score (nSPS) is 13.4. The highest BCUT2D eigenvalue weighted by Crippen LogP contribution is 2.23. The van der Waals surface area contributed by atoms with E-state index < -0.39 is 11.6 Å². The van der Waals surface area contributed by atoms with Gasteiger partial charge in [0.25, 0.3) is 0 Å². The third-order valence-electron chi connectivity index (χ3n) is 3.60. The van der Waals surface area contributed by atoms with E-state index in [9.17, 15) is 8.78 Å². The molecule has 0 saturated heterocycles. The van der Waals surface area contributed by atoms with Crippen LogP contribution < -0.4 is 0 Å². The van der Waals surface area contributed by atoms with Gasteiger partial charge in [-0.2, -0.15) is 0 Å². The summed E-state index contributed by atoms with van der Waals surface area (Å²) in [5.74, 6) is 0.0256. The number of benzene rings is 1. The fourth-order valence-electron chi connectivity index (χ4n) is 1.97. The lowest BCUT2D eigenvalue weighted by Crippen LogP contribution is -2.14. The van der Waals surface area contributed by atoms with Crippen LogP contribution in [0.1, 0.15) is 26.6 Å². The maximum Gasteiger partial charge on any atom is 0.161 e. The van der Waals surface area contributed by atoms with Gasteiger partial charge in [-0.25, -0.2) is 13.8 Å². The molecule has 1 aromatic carbocycles. The maximum atomic E-state index is 13.4. The topological polar surface area (TPSA) is 17.8 Å². The van der Waals surface area contributed by atoms with Crippen molar-refractivity contribution in [2.75, 3.05) is 0 Å². The molecule has 0 bridgehead atoms. The Kier molecular flexibility index (Phi) is 4.09. The van der Waals surface area contributed by atoms with Crippen LogP contribution in [0.3, 0.4) is 0 Å². The second-order valence-electron chi connectivity index (χ2n) is 5.25. The van der Waals surface area contributed by atoms with Crippen molar-refractivity contribution in [3.05, 3.63) is 29.6 Å². The van der Waals surface area contributed by atoms with Gasteiger partial charge in [-0.05, 0) is 11.8 Å². The number of nitrogens with zero attached hydrogens (tertiary/aromatic N) is 2. The summed E-state index contributed by atoms with van der Waals surface area (Å²) in [7, 11) is 0. The largest absolute Gasteiger partial charge is 0.327 e. The summed E-state index contributed by atoms with van der Waals surface area (Å²) >= 11 is 5.88. The number of aromatic nitrogens is 2. The minimum absolute atomic E-state index is 0.225.